The second-order valence-corrected chi connectivity index (χ2v) is 8.32. The van der Waals surface area contributed by atoms with Gasteiger partial charge in [0.2, 0.25) is 4.96 Å². The molecule has 0 spiro atoms. The van der Waals surface area contributed by atoms with E-state index in [1.165, 1.54) is 15.9 Å². The predicted molar refractivity (Wildman–Crippen MR) is 112 cm³/mol. The van der Waals surface area contributed by atoms with Crippen LogP contribution in [0.5, 0.6) is 5.75 Å². The number of halogens is 3. The van der Waals surface area contributed by atoms with Gasteiger partial charge in [0.1, 0.15) is 5.75 Å². The second kappa shape index (κ2) is 7.24. The summed E-state index contributed by atoms with van der Waals surface area (Å²) in [7, 11) is 1.59. The molecule has 0 atom stereocenters. The lowest BCUT2D eigenvalue weighted by Gasteiger charge is -2.04. The fourth-order valence-corrected chi connectivity index (χ4v) is 4.35. The van der Waals surface area contributed by atoms with E-state index in [1.54, 1.807) is 31.4 Å². The third-order valence-electron chi connectivity index (χ3n) is 3.83. The lowest BCUT2D eigenvalue weighted by molar-refractivity contribution is 0.414. The van der Waals surface area contributed by atoms with E-state index in [-0.39, 0.29) is 5.56 Å². The molecule has 2 heterocycles. The fraction of sp³-hybridized carbons (Fsp3) is 0.0556. The highest BCUT2D eigenvalue weighted by Gasteiger charge is 2.15. The van der Waals surface area contributed by atoms with Crippen molar-refractivity contribution < 1.29 is 4.74 Å². The van der Waals surface area contributed by atoms with Crippen molar-refractivity contribution in [2.24, 2.45) is 0 Å². The number of benzene rings is 2. The van der Waals surface area contributed by atoms with Crippen molar-refractivity contribution in [3.63, 3.8) is 0 Å². The summed E-state index contributed by atoms with van der Waals surface area (Å²) in [6, 6.07) is 10.6. The highest BCUT2D eigenvalue weighted by atomic mass is 79.9. The van der Waals surface area contributed by atoms with Gasteiger partial charge in [0.15, 0.2) is 5.82 Å². The van der Waals surface area contributed by atoms with Crippen LogP contribution in [0.15, 0.2) is 45.7 Å². The van der Waals surface area contributed by atoms with Crippen LogP contribution in [0.2, 0.25) is 10.0 Å². The molecule has 0 fully saturated rings. The van der Waals surface area contributed by atoms with E-state index in [0.29, 0.717) is 36.7 Å². The van der Waals surface area contributed by atoms with Gasteiger partial charge in [0.25, 0.3) is 5.56 Å². The van der Waals surface area contributed by atoms with Crippen LogP contribution in [0.25, 0.3) is 22.4 Å². The molecule has 0 amide bonds. The molecule has 0 aliphatic carbocycles. The molecule has 2 aromatic heterocycles. The highest BCUT2D eigenvalue weighted by Crippen LogP contribution is 2.28. The van der Waals surface area contributed by atoms with Gasteiger partial charge in [0, 0.05) is 20.6 Å². The summed E-state index contributed by atoms with van der Waals surface area (Å²) in [6.07, 6.45) is 1.77. The molecule has 0 radical (unpaired) electrons. The van der Waals surface area contributed by atoms with E-state index < -0.39 is 0 Å². The second-order valence-electron chi connectivity index (χ2n) is 5.56. The van der Waals surface area contributed by atoms with Crippen molar-refractivity contribution in [1.29, 1.82) is 0 Å². The van der Waals surface area contributed by atoms with Gasteiger partial charge in [-0.25, -0.2) is 0 Å². The first-order valence-electron chi connectivity index (χ1n) is 7.66. The Bertz CT molecular complexity index is 1290. The zero-order valence-electron chi connectivity index (χ0n) is 13.7. The zero-order valence-corrected chi connectivity index (χ0v) is 17.7. The standard InChI is InChI=1S/C18H10BrCl2N3O2S/c1-26-14-5-2-10(19)6-9(14)7-15-17(25)24-18(27-15)22-16(23-24)12-4-3-11(20)8-13(12)21/h2-8H,1H3. The maximum Gasteiger partial charge on any atom is 0.291 e. The van der Waals surface area contributed by atoms with E-state index in [4.69, 9.17) is 27.9 Å². The Kier molecular flexibility index (Phi) is 4.94. The molecule has 4 rings (SSSR count). The third kappa shape index (κ3) is 3.48. The summed E-state index contributed by atoms with van der Waals surface area (Å²) in [4.78, 5) is 17.7. The normalized spacial score (nSPS) is 12.1. The van der Waals surface area contributed by atoms with Crippen LogP contribution in [-0.4, -0.2) is 21.7 Å². The number of rotatable bonds is 3. The molecule has 0 saturated heterocycles. The number of methoxy groups -OCH3 is 1. The minimum atomic E-state index is -0.249. The largest absolute Gasteiger partial charge is 0.496 e. The van der Waals surface area contributed by atoms with Crippen LogP contribution in [-0.2, 0) is 0 Å². The van der Waals surface area contributed by atoms with E-state index in [1.807, 2.05) is 18.2 Å². The first-order chi connectivity index (χ1) is 13.0. The summed E-state index contributed by atoms with van der Waals surface area (Å²) in [6.45, 7) is 0. The first kappa shape index (κ1) is 18.4. The van der Waals surface area contributed by atoms with Gasteiger partial charge in [0.05, 0.1) is 16.7 Å². The molecule has 2 aromatic carbocycles. The minimum absolute atomic E-state index is 0.249. The lowest BCUT2D eigenvalue weighted by atomic mass is 10.2. The topological polar surface area (TPSA) is 56.5 Å². The van der Waals surface area contributed by atoms with Gasteiger partial charge in [-0.3, -0.25) is 4.79 Å². The molecule has 0 bridgehead atoms. The number of fused-ring (bicyclic) bond motifs is 1. The summed E-state index contributed by atoms with van der Waals surface area (Å²) >= 11 is 16.8. The van der Waals surface area contributed by atoms with Gasteiger partial charge in [-0.05, 0) is 42.5 Å². The Balaban J connectivity index is 1.84. The quantitative estimate of drug-likeness (QED) is 0.433. The maximum absolute atomic E-state index is 12.7. The van der Waals surface area contributed by atoms with Crippen molar-refractivity contribution in [2.45, 2.75) is 0 Å². The molecule has 0 aliphatic heterocycles. The average molecular weight is 483 g/mol. The molecule has 27 heavy (non-hydrogen) atoms. The Hall–Kier alpha value is -1.93. The van der Waals surface area contributed by atoms with E-state index >= 15 is 0 Å². The van der Waals surface area contributed by atoms with Gasteiger partial charge >= 0.3 is 0 Å². The Morgan fingerprint density at radius 2 is 2.04 bits per heavy atom. The molecule has 5 nitrogen and oxygen atoms in total. The Morgan fingerprint density at radius 1 is 1.22 bits per heavy atom. The molecule has 4 aromatic rings. The van der Waals surface area contributed by atoms with Crippen molar-refractivity contribution >= 4 is 61.5 Å². The number of hydrogen-bond donors (Lipinski definition) is 0. The summed E-state index contributed by atoms with van der Waals surface area (Å²) in [5.74, 6) is 1.05. The van der Waals surface area contributed by atoms with Gasteiger partial charge < -0.3 is 4.74 Å². The molecule has 9 heteroatoms. The summed E-state index contributed by atoms with van der Waals surface area (Å²) < 4.78 is 8.03. The van der Waals surface area contributed by atoms with Gasteiger partial charge in [-0.15, -0.1) is 5.10 Å². The molecule has 0 aliphatic rings. The van der Waals surface area contributed by atoms with Crippen molar-refractivity contribution in [3.8, 4) is 17.1 Å². The SMILES string of the molecule is COc1ccc(Br)cc1C=c1sc2nc(-c3ccc(Cl)cc3Cl)nn2c1=O. The molecule has 0 unspecified atom stereocenters. The van der Waals surface area contributed by atoms with Crippen LogP contribution >= 0.6 is 50.5 Å². The predicted octanol–water partition coefficient (Wildman–Crippen LogP) is 4.44. The minimum Gasteiger partial charge on any atom is -0.496 e. The van der Waals surface area contributed by atoms with Crippen molar-refractivity contribution in [3.05, 3.63) is 71.4 Å². The van der Waals surface area contributed by atoms with E-state index in [0.717, 1.165) is 10.0 Å². The number of aromatic nitrogens is 3. The molecular weight excluding hydrogens is 473 g/mol. The van der Waals surface area contributed by atoms with Crippen LogP contribution in [0, 0.1) is 0 Å². The average Bonchev–Trinajstić information content (AvgIpc) is 3.15. The highest BCUT2D eigenvalue weighted by molar-refractivity contribution is 9.10. The van der Waals surface area contributed by atoms with Crippen LogP contribution in [0.4, 0.5) is 0 Å². The van der Waals surface area contributed by atoms with Crippen molar-refractivity contribution in [2.75, 3.05) is 7.11 Å². The van der Waals surface area contributed by atoms with Crippen LogP contribution in [0.3, 0.4) is 0 Å². The van der Waals surface area contributed by atoms with Crippen molar-refractivity contribution in [1.82, 2.24) is 14.6 Å². The molecule has 0 N–H and O–H groups in total. The van der Waals surface area contributed by atoms with Crippen LogP contribution in [0.1, 0.15) is 5.56 Å². The molecule has 136 valence electrons. The molecular formula is C18H10BrCl2N3O2S. The summed E-state index contributed by atoms with van der Waals surface area (Å²) in [5, 5.41) is 5.26. The number of hydrogen-bond acceptors (Lipinski definition) is 5. The number of nitrogens with zero attached hydrogens (tertiary/aromatic N) is 3. The monoisotopic (exact) mass is 481 g/mol. The van der Waals surface area contributed by atoms with E-state index in [2.05, 4.69) is 26.0 Å². The Morgan fingerprint density at radius 3 is 2.74 bits per heavy atom. The van der Waals surface area contributed by atoms with E-state index in [9.17, 15) is 4.79 Å². The fourth-order valence-electron chi connectivity index (χ4n) is 2.58. The molecule has 0 saturated carbocycles. The van der Waals surface area contributed by atoms with Crippen LogP contribution < -0.4 is 14.8 Å². The lowest BCUT2D eigenvalue weighted by Crippen LogP contribution is -2.23. The Labute approximate surface area is 176 Å². The third-order valence-corrected chi connectivity index (χ3v) is 5.83. The van der Waals surface area contributed by atoms with Gasteiger partial charge in [-0.1, -0.05) is 50.5 Å². The first-order valence-corrected chi connectivity index (χ1v) is 10.0. The number of thiazole rings is 1. The summed E-state index contributed by atoms with van der Waals surface area (Å²) in [5.41, 5.74) is 1.16. The smallest absolute Gasteiger partial charge is 0.291 e. The zero-order chi connectivity index (χ0) is 19.1. The van der Waals surface area contributed by atoms with Gasteiger partial charge in [-0.2, -0.15) is 9.50 Å². The maximum atomic E-state index is 12.7. The number of ether oxygens (including phenoxy) is 1.